The first kappa shape index (κ1) is 13.0. The molecule has 0 aliphatic heterocycles. The van der Waals surface area contributed by atoms with Crippen molar-refractivity contribution in [2.75, 3.05) is 5.73 Å². The third kappa shape index (κ3) is 3.50. The van der Waals surface area contributed by atoms with E-state index in [9.17, 15) is 0 Å². The Kier molecular flexibility index (Phi) is 4.26. The maximum absolute atomic E-state index is 5.66. The van der Waals surface area contributed by atoms with Gasteiger partial charge in [-0.2, -0.15) is 0 Å². The van der Waals surface area contributed by atoms with E-state index in [1.807, 2.05) is 23.9 Å². The highest BCUT2D eigenvalue weighted by molar-refractivity contribution is 7.98. The number of nitrogens with zero attached hydrogens (tertiary/aromatic N) is 1. The molecule has 0 saturated carbocycles. The van der Waals surface area contributed by atoms with Crippen molar-refractivity contribution in [3.8, 4) is 0 Å². The quantitative estimate of drug-likeness (QED) is 0.840. The number of thioether (sulfide) groups is 1. The Morgan fingerprint density at radius 2 is 1.89 bits per heavy atom. The van der Waals surface area contributed by atoms with Gasteiger partial charge in [-0.15, -0.1) is 11.8 Å². The van der Waals surface area contributed by atoms with E-state index in [2.05, 4.69) is 43.1 Å². The molecule has 1 aromatic carbocycles. The Labute approximate surface area is 113 Å². The minimum Gasteiger partial charge on any atom is -0.384 e. The van der Waals surface area contributed by atoms with E-state index in [4.69, 9.17) is 5.73 Å². The molecule has 0 atom stereocenters. The van der Waals surface area contributed by atoms with Crippen molar-refractivity contribution < 1.29 is 0 Å². The normalized spacial score (nSPS) is 10.8. The molecule has 0 aliphatic carbocycles. The molecule has 2 aromatic rings. The second-order valence-electron chi connectivity index (χ2n) is 4.60. The lowest BCUT2D eigenvalue weighted by molar-refractivity contribution is 0.865. The van der Waals surface area contributed by atoms with Gasteiger partial charge in [-0.1, -0.05) is 26.0 Å². The molecule has 94 valence electrons. The summed E-state index contributed by atoms with van der Waals surface area (Å²) in [6.45, 7) is 4.42. The fourth-order valence-corrected chi connectivity index (χ4v) is 2.54. The van der Waals surface area contributed by atoms with Crippen molar-refractivity contribution >= 4 is 17.6 Å². The van der Waals surface area contributed by atoms with E-state index in [0.29, 0.717) is 11.7 Å². The van der Waals surface area contributed by atoms with Crippen LogP contribution in [-0.2, 0) is 5.75 Å². The first-order chi connectivity index (χ1) is 8.65. The van der Waals surface area contributed by atoms with Gasteiger partial charge in [0.25, 0.3) is 0 Å². The monoisotopic (exact) mass is 258 g/mol. The third-order valence-electron chi connectivity index (χ3n) is 2.80. The lowest BCUT2D eigenvalue weighted by atomic mass is 10.0. The molecule has 0 amide bonds. The Balaban J connectivity index is 1.98. The highest BCUT2D eigenvalue weighted by Gasteiger charge is 2.00. The summed E-state index contributed by atoms with van der Waals surface area (Å²) in [4.78, 5) is 5.28. The van der Waals surface area contributed by atoms with Crippen LogP contribution < -0.4 is 5.73 Å². The van der Waals surface area contributed by atoms with Crippen LogP contribution in [0.5, 0.6) is 0 Å². The minimum atomic E-state index is 0.586. The Morgan fingerprint density at radius 1 is 1.17 bits per heavy atom. The minimum absolute atomic E-state index is 0.586. The van der Waals surface area contributed by atoms with E-state index in [-0.39, 0.29) is 0 Å². The van der Waals surface area contributed by atoms with Crippen LogP contribution in [0, 0.1) is 0 Å². The molecule has 0 radical (unpaired) electrons. The van der Waals surface area contributed by atoms with Crippen LogP contribution in [0.15, 0.2) is 47.5 Å². The molecule has 0 fully saturated rings. The number of anilines is 1. The lowest BCUT2D eigenvalue weighted by Gasteiger charge is -2.07. The zero-order chi connectivity index (χ0) is 13.0. The first-order valence-corrected chi connectivity index (χ1v) is 7.07. The van der Waals surface area contributed by atoms with Crippen molar-refractivity contribution in [2.24, 2.45) is 0 Å². The average molecular weight is 258 g/mol. The van der Waals surface area contributed by atoms with Gasteiger partial charge in [0.15, 0.2) is 0 Å². The highest BCUT2D eigenvalue weighted by Crippen LogP contribution is 2.25. The molecule has 2 N–H and O–H groups in total. The van der Waals surface area contributed by atoms with Crippen molar-refractivity contribution in [3.05, 3.63) is 53.7 Å². The van der Waals surface area contributed by atoms with Crippen LogP contribution in [0.4, 0.5) is 5.82 Å². The van der Waals surface area contributed by atoms with Crippen LogP contribution in [0.1, 0.15) is 30.9 Å². The maximum atomic E-state index is 5.66. The number of hydrogen-bond donors (Lipinski definition) is 1. The summed E-state index contributed by atoms with van der Waals surface area (Å²) >= 11 is 1.82. The fraction of sp³-hybridized carbons (Fsp3) is 0.267. The molecule has 0 saturated heterocycles. The molecular weight excluding hydrogens is 240 g/mol. The van der Waals surface area contributed by atoms with Crippen LogP contribution in [0.3, 0.4) is 0 Å². The number of hydrogen-bond acceptors (Lipinski definition) is 3. The summed E-state index contributed by atoms with van der Waals surface area (Å²) in [6, 6.07) is 12.7. The van der Waals surface area contributed by atoms with Crippen LogP contribution in [0.25, 0.3) is 0 Å². The predicted octanol–water partition coefficient (Wildman–Crippen LogP) is 4.08. The lowest BCUT2D eigenvalue weighted by Crippen LogP contribution is -1.91. The van der Waals surface area contributed by atoms with Gasteiger partial charge in [-0.25, -0.2) is 4.98 Å². The summed E-state index contributed by atoms with van der Waals surface area (Å²) in [7, 11) is 0. The molecule has 2 rings (SSSR count). The second-order valence-corrected chi connectivity index (χ2v) is 5.65. The highest BCUT2D eigenvalue weighted by atomic mass is 32.2. The van der Waals surface area contributed by atoms with E-state index >= 15 is 0 Å². The Morgan fingerprint density at radius 3 is 2.50 bits per heavy atom. The molecule has 0 aliphatic rings. The number of nitrogens with two attached hydrogens (primary N) is 1. The molecule has 1 aromatic heterocycles. The summed E-state index contributed by atoms with van der Waals surface area (Å²) in [6.07, 6.45) is 1.76. The molecule has 3 heteroatoms. The average Bonchev–Trinajstić information content (AvgIpc) is 2.37. The van der Waals surface area contributed by atoms with Crippen molar-refractivity contribution in [2.45, 2.75) is 30.4 Å². The Hall–Kier alpha value is -1.48. The smallest absolute Gasteiger partial charge is 0.123 e. The third-order valence-corrected chi connectivity index (χ3v) is 3.88. The van der Waals surface area contributed by atoms with Gasteiger partial charge in [0.2, 0.25) is 0 Å². The van der Waals surface area contributed by atoms with E-state index in [1.54, 1.807) is 6.20 Å². The SMILES string of the molecule is CC(C)c1ccc(SCc2ccnc(N)c2)cc1. The molecule has 1 heterocycles. The van der Waals surface area contributed by atoms with Gasteiger partial charge in [0.05, 0.1) is 0 Å². The summed E-state index contributed by atoms with van der Waals surface area (Å²) in [5.41, 5.74) is 8.25. The number of benzene rings is 1. The molecule has 2 nitrogen and oxygen atoms in total. The Bertz CT molecular complexity index is 506. The van der Waals surface area contributed by atoms with Gasteiger partial charge in [0.1, 0.15) is 5.82 Å². The van der Waals surface area contributed by atoms with E-state index in [1.165, 1.54) is 16.0 Å². The van der Waals surface area contributed by atoms with Gasteiger partial charge >= 0.3 is 0 Å². The summed E-state index contributed by atoms with van der Waals surface area (Å²) in [5.74, 6) is 2.10. The van der Waals surface area contributed by atoms with Gasteiger partial charge in [-0.05, 0) is 41.3 Å². The molecule has 0 spiro atoms. The number of pyridine rings is 1. The van der Waals surface area contributed by atoms with Crippen LogP contribution in [-0.4, -0.2) is 4.98 Å². The number of aromatic nitrogens is 1. The topological polar surface area (TPSA) is 38.9 Å². The van der Waals surface area contributed by atoms with Gasteiger partial charge < -0.3 is 5.73 Å². The molecule has 0 unspecified atom stereocenters. The van der Waals surface area contributed by atoms with Crippen LogP contribution >= 0.6 is 11.8 Å². The fourth-order valence-electron chi connectivity index (χ4n) is 1.70. The molecule has 0 bridgehead atoms. The predicted molar refractivity (Wildman–Crippen MR) is 78.7 cm³/mol. The van der Waals surface area contributed by atoms with E-state index in [0.717, 1.165) is 5.75 Å². The number of rotatable bonds is 4. The summed E-state index contributed by atoms with van der Waals surface area (Å²) < 4.78 is 0. The first-order valence-electron chi connectivity index (χ1n) is 6.08. The standard InChI is InChI=1S/C15H18N2S/c1-11(2)13-3-5-14(6-4-13)18-10-12-7-8-17-15(16)9-12/h3-9,11H,10H2,1-2H3,(H2,16,17). The summed E-state index contributed by atoms with van der Waals surface area (Å²) in [5, 5.41) is 0. The number of nitrogen functional groups attached to an aromatic ring is 1. The second kappa shape index (κ2) is 5.91. The van der Waals surface area contributed by atoms with Crippen molar-refractivity contribution in [3.63, 3.8) is 0 Å². The van der Waals surface area contributed by atoms with Crippen molar-refractivity contribution in [1.82, 2.24) is 4.98 Å². The zero-order valence-corrected chi connectivity index (χ0v) is 11.6. The molecular formula is C15H18N2S. The van der Waals surface area contributed by atoms with Crippen molar-refractivity contribution in [1.29, 1.82) is 0 Å². The van der Waals surface area contributed by atoms with E-state index < -0.39 is 0 Å². The van der Waals surface area contributed by atoms with Gasteiger partial charge in [0, 0.05) is 16.8 Å². The zero-order valence-electron chi connectivity index (χ0n) is 10.8. The van der Waals surface area contributed by atoms with Gasteiger partial charge in [-0.3, -0.25) is 0 Å². The molecule has 18 heavy (non-hydrogen) atoms. The maximum Gasteiger partial charge on any atom is 0.123 e. The largest absolute Gasteiger partial charge is 0.384 e. The van der Waals surface area contributed by atoms with Crippen LogP contribution in [0.2, 0.25) is 0 Å².